The summed E-state index contributed by atoms with van der Waals surface area (Å²) in [4.78, 5) is 17.6. The number of primary amides is 1. The van der Waals surface area contributed by atoms with Crippen LogP contribution in [-0.2, 0) is 4.79 Å². The molecule has 0 rings (SSSR count). The molecule has 0 heterocycles. The molecule has 0 bridgehead atoms. The van der Waals surface area contributed by atoms with Gasteiger partial charge in [0.25, 0.3) is 0 Å². The van der Waals surface area contributed by atoms with Crippen molar-refractivity contribution in [2.75, 3.05) is 0 Å². The number of hydrogen-bond acceptors (Lipinski definition) is 3. The molecule has 5 heteroatoms. The van der Waals surface area contributed by atoms with Crippen molar-refractivity contribution in [2.45, 2.75) is 6.92 Å². The van der Waals surface area contributed by atoms with Gasteiger partial charge < -0.3 is 0 Å². The average Bonchev–Trinajstić information content (AvgIpc) is 2.00. The van der Waals surface area contributed by atoms with Gasteiger partial charge in [0.05, 0.1) is 0 Å². The SMILES string of the molecule is [B]=C(C=NC(C)=CN=C)C(N)=O. The molecule has 0 unspecified atom stereocenters. The predicted molar refractivity (Wildman–Crippen MR) is 51.8 cm³/mol. The number of nitrogens with two attached hydrogens (primary N) is 1. The third-order valence-corrected chi connectivity index (χ3v) is 0.970. The van der Waals surface area contributed by atoms with Crippen LogP contribution >= 0.6 is 0 Å². The molecule has 0 aromatic rings. The van der Waals surface area contributed by atoms with Crippen LogP contribution in [-0.4, -0.2) is 31.8 Å². The van der Waals surface area contributed by atoms with Gasteiger partial charge in [-0.25, -0.2) is 0 Å². The Balaban J connectivity index is 4.25. The topological polar surface area (TPSA) is 67.8 Å². The van der Waals surface area contributed by atoms with Crippen molar-refractivity contribution in [3.8, 4) is 0 Å². The first-order valence-corrected chi connectivity index (χ1v) is 3.17. The molecule has 0 spiro atoms. The molecule has 1 radical (unpaired) electrons. The van der Waals surface area contributed by atoms with Gasteiger partial charge in [0.15, 0.2) is 0 Å². The average molecular weight is 162 g/mol. The Kier molecular flexibility index (Phi) is 4.52. The van der Waals surface area contributed by atoms with Gasteiger partial charge in [-0.15, -0.1) is 0 Å². The molecule has 61 valence electrons. The van der Waals surface area contributed by atoms with Crippen molar-refractivity contribution in [1.29, 1.82) is 0 Å². The number of nitrogens with zero attached hydrogens (tertiary/aromatic N) is 2. The van der Waals surface area contributed by atoms with E-state index in [4.69, 9.17) is 13.2 Å². The van der Waals surface area contributed by atoms with Crippen molar-refractivity contribution >= 4 is 31.8 Å². The molecule has 0 aliphatic rings. The van der Waals surface area contributed by atoms with Gasteiger partial charge in [-0.1, -0.05) is 0 Å². The Morgan fingerprint density at radius 1 is 1.67 bits per heavy atom. The maximum absolute atomic E-state index is 10.4. The minimum atomic E-state index is -0.696. The first-order chi connectivity index (χ1) is 5.57. The first kappa shape index (κ1) is 10.5. The van der Waals surface area contributed by atoms with Crippen LogP contribution in [0, 0.1) is 0 Å². The van der Waals surface area contributed by atoms with Crippen LogP contribution in [0.4, 0.5) is 0 Å². The van der Waals surface area contributed by atoms with E-state index < -0.39 is 5.91 Å². The zero-order valence-electron chi connectivity index (χ0n) is 6.82. The molecular weight excluding hydrogens is 153 g/mol. The number of carbonyl (C=O) groups excluding carboxylic acids is 1. The molecular formula is C7H9BN3O. The van der Waals surface area contributed by atoms with Crippen molar-refractivity contribution < 1.29 is 4.79 Å². The van der Waals surface area contributed by atoms with E-state index in [-0.39, 0.29) is 5.46 Å². The number of rotatable bonds is 4. The number of hydrogen-bond donors (Lipinski definition) is 1. The summed E-state index contributed by atoms with van der Waals surface area (Å²) < 4.78 is 0. The van der Waals surface area contributed by atoms with E-state index >= 15 is 0 Å². The van der Waals surface area contributed by atoms with Crippen molar-refractivity contribution in [3.63, 3.8) is 0 Å². The molecule has 0 aliphatic carbocycles. The van der Waals surface area contributed by atoms with Crippen LogP contribution in [0.3, 0.4) is 0 Å². The van der Waals surface area contributed by atoms with Crippen LogP contribution in [0.2, 0.25) is 0 Å². The molecule has 0 saturated heterocycles. The van der Waals surface area contributed by atoms with E-state index in [1.165, 1.54) is 12.4 Å². The fraction of sp³-hybridized carbons (Fsp3) is 0.143. The minimum absolute atomic E-state index is 0.0909. The van der Waals surface area contributed by atoms with Gasteiger partial charge in [0, 0.05) is 0 Å². The second kappa shape index (κ2) is 5.18. The fourth-order valence-corrected chi connectivity index (χ4v) is 0.400. The summed E-state index contributed by atoms with van der Waals surface area (Å²) in [5.74, 6) is -0.696. The summed E-state index contributed by atoms with van der Waals surface area (Å²) in [6.07, 6.45) is 2.62. The van der Waals surface area contributed by atoms with Crippen LogP contribution in [0.5, 0.6) is 0 Å². The van der Waals surface area contributed by atoms with Gasteiger partial charge in [0.2, 0.25) is 0 Å². The van der Waals surface area contributed by atoms with Crippen molar-refractivity contribution in [2.24, 2.45) is 15.7 Å². The molecule has 2 N–H and O–H groups in total. The molecule has 0 atom stereocenters. The second-order valence-corrected chi connectivity index (χ2v) is 2.03. The first-order valence-electron chi connectivity index (χ1n) is 3.17. The quantitative estimate of drug-likeness (QED) is 0.437. The van der Waals surface area contributed by atoms with Crippen molar-refractivity contribution in [1.82, 2.24) is 0 Å². The van der Waals surface area contributed by atoms with E-state index in [1.807, 2.05) is 0 Å². The molecule has 1 amide bonds. The van der Waals surface area contributed by atoms with E-state index in [2.05, 4.69) is 16.7 Å². The van der Waals surface area contributed by atoms with Crippen LogP contribution in [0.25, 0.3) is 0 Å². The third-order valence-electron chi connectivity index (χ3n) is 0.970. The number of carbonyl (C=O) groups is 1. The Labute approximate surface area is 72.0 Å². The molecule has 0 saturated carbocycles. The number of amides is 1. The summed E-state index contributed by atoms with van der Waals surface area (Å²) >= 11 is 0. The predicted octanol–water partition coefficient (Wildman–Crippen LogP) is -0.555. The Bertz CT molecular complexity index is 264. The number of aliphatic imine (C=N–C) groups is 2. The summed E-state index contributed by atoms with van der Waals surface area (Å²) in [6.45, 7) is 4.93. The summed E-state index contributed by atoms with van der Waals surface area (Å²) in [7, 11) is 5.18. The van der Waals surface area contributed by atoms with Crippen LogP contribution in [0.15, 0.2) is 21.9 Å². The summed E-state index contributed by atoms with van der Waals surface area (Å²) in [5.41, 5.74) is 5.35. The summed E-state index contributed by atoms with van der Waals surface area (Å²) in [6, 6.07) is 0. The van der Waals surface area contributed by atoms with Gasteiger partial charge in [-0.05, 0) is 0 Å². The van der Waals surface area contributed by atoms with E-state index in [1.54, 1.807) is 6.92 Å². The Morgan fingerprint density at radius 2 is 2.25 bits per heavy atom. The van der Waals surface area contributed by atoms with Crippen molar-refractivity contribution in [3.05, 3.63) is 11.9 Å². The van der Waals surface area contributed by atoms with Gasteiger partial charge in [-0.3, -0.25) is 0 Å². The number of allylic oxidation sites excluding steroid dienone is 1. The molecule has 0 aliphatic heterocycles. The fourth-order valence-electron chi connectivity index (χ4n) is 0.400. The standard InChI is InChI=1S/C7H9BN3O/c1-5(3-10-2)11-4-6(8)7(9)12/h3-4H,2H2,1H3,(H2,9,12). The van der Waals surface area contributed by atoms with E-state index in [9.17, 15) is 4.79 Å². The molecule has 0 aromatic carbocycles. The van der Waals surface area contributed by atoms with Gasteiger partial charge >= 0.3 is 71.1 Å². The Hall–Kier alpha value is -1.52. The third kappa shape index (κ3) is 4.32. The summed E-state index contributed by atoms with van der Waals surface area (Å²) in [5, 5.41) is 0. The van der Waals surface area contributed by atoms with Crippen LogP contribution in [0.1, 0.15) is 6.92 Å². The normalized spacial score (nSPS) is 11.5. The van der Waals surface area contributed by atoms with E-state index in [0.29, 0.717) is 5.70 Å². The van der Waals surface area contributed by atoms with Gasteiger partial charge in [-0.2, -0.15) is 0 Å². The van der Waals surface area contributed by atoms with Gasteiger partial charge in [0.1, 0.15) is 0 Å². The Morgan fingerprint density at radius 3 is 2.67 bits per heavy atom. The molecule has 0 aromatic heterocycles. The zero-order chi connectivity index (χ0) is 9.56. The molecule has 12 heavy (non-hydrogen) atoms. The zero-order valence-corrected chi connectivity index (χ0v) is 6.82. The monoisotopic (exact) mass is 162 g/mol. The van der Waals surface area contributed by atoms with Crippen LogP contribution < -0.4 is 5.73 Å². The maximum atomic E-state index is 10.4. The molecule has 4 nitrogen and oxygen atoms in total. The second-order valence-electron chi connectivity index (χ2n) is 2.03. The molecule has 0 fully saturated rings. The van der Waals surface area contributed by atoms with E-state index in [0.717, 1.165) is 0 Å².